The van der Waals surface area contributed by atoms with Crippen molar-refractivity contribution in [1.82, 2.24) is 4.98 Å². The van der Waals surface area contributed by atoms with E-state index in [1.807, 2.05) is 12.1 Å². The van der Waals surface area contributed by atoms with Crippen LogP contribution in [0.3, 0.4) is 0 Å². The van der Waals surface area contributed by atoms with E-state index in [1.165, 1.54) is 11.1 Å². The highest BCUT2D eigenvalue weighted by Crippen LogP contribution is 2.15. The molecule has 2 rings (SSSR count). The van der Waals surface area contributed by atoms with E-state index in [0.29, 0.717) is 0 Å². The molecule has 0 aliphatic rings. The van der Waals surface area contributed by atoms with E-state index in [1.54, 1.807) is 12.4 Å². The summed E-state index contributed by atoms with van der Waals surface area (Å²) in [6.45, 7) is 2.09. The third-order valence-electron chi connectivity index (χ3n) is 2.71. The lowest BCUT2D eigenvalue weighted by Crippen LogP contribution is -2.13. The number of hydrogen-bond donors (Lipinski definition) is 1. The predicted molar refractivity (Wildman–Crippen MR) is 66.0 cm³/mol. The Kier molecular flexibility index (Phi) is 3.32. The smallest absolute Gasteiger partial charge is 0.0336 e. The molecule has 0 bridgehead atoms. The normalized spacial score (nSPS) is 12.4. The third-order valence-corrected chi connectivity index (χ3v) is 2.71. The Balaban J connectivity index is 2.08. The minimum Gasteiger partial charge on any atom is -0.324 e. The number of benzene rings is 1. The first kappa shape index (κ1) is 10.8. The second-order valence-electron chi connectivity index (χ2n) is 4.08. The molecule has 0 fully saturated rings. The quantitative estimate of drug-likeness (QED) is 0.849. The molecule has 0 saturated carbocycles. The van der Waals surface area contributed by atoms with E-state index < -0.39 is 0 Å². The molecule has 2 nitrogen and oxygen atoms in total. The van der Waals surface area contributed by atoms with Crippen LogP contribution in [0, 0.1) is 6.92 Å². The van der Waals surface area contributed by atoms with Crippen molar-refractivity contribution in [2.45, 2.75) is 19.4 Å². The highest BCUT2D eigenvalue weighted by molar-refractivity contribution is 5.24. The van der Waals surface area contributed by atoms with Gasteiger partial charge < -0.3 is 5.73 Å². The van der Waals surface area contributed by atoms with E-state index in [0.717, 1.165) is 12.0 Å². The van der Waals surface area contributed by atoms with Gasteiger partial charge in [-0.25, -0.2) is 0 Å². The van der Waals surface area contributed by atoms with Crippen molar-refractivity contribution in [3.05, 3.63) is 65.5 Å². The van der Waals surface area contributed by atoms with Gasteiger partial charge in [-0.1, -0.05) is 29.8 Å². The molecule has 0 aliphatic carbocycles. The zero-order valence-corrected chi connectivity index (χ0v) is 9.43. The van der Waals surface area contributed by atoms with Crippen LogP contribution in [-0.4, -0.2) is 4.98 Å². The van der Waals surface area contributed by atoms with Crippen molar-refractivity contribution in [3.8, 4) is 0 Å². The lowest BCUT2D eigenvalue weighted by Gasteiger charge is -2.11. The molecule has 2 N–H and O–H groups in total. The molecule has 0 amide bonds. The van der Waals surface area contributed by atoms with E-state index >= 15 is 0 Å². The van der Waals surface area contributed by atoms with Gasteiger partial charge in [-0.15, -0.1) is 0 Å². The minimum absolute atomic E-state index is 0.0470. The van der Waals surface area contributed by atoms with Gasteiger partial charge in [0, 0.05) is 18.4 Å². The van der Waals surface area contributed by atoms with Gasteiger partial charge in [-0.3, -0.25) is 4.98 Å². The molecule has 1 heterocycles. The molecule has 16 heavy (non-hydrogen) atoms. The van der Waals surface area contributed by atoms with Crippen LogP contribution in [0.15, 0.2) is 48.8 Å². The summed E-state index contributed by atoms with van der Waals surface area (Å²) in [6, 6.07) is 12.5. The second-order valence-corrected chi connectivity index (χ2v) is 4.08. The first-order valence-corrected chi connectivity index (χ1v) is 5.47. The summed E-state index contributed by atoms with van der Waals surface area (Å²) in [6.07, 6.45) is 4.43. The highest BCUT2D eigenvalue weighted by Gasteiger charge is 2.06. The first-order valence-electron chi connectivity index (χ1n) is 5.47. The van der Waals surface area contributed by atoms with Crippen molar-refractivity contribution in [2.75, 3.05) is 0 Å². The Hall–Kier alpha value is -1.67. The lowest BCUT2D eigenvalue weighted by atomic mass is 10.00. The molecule has 1 aromatic carbocycles. The van der Waals surface area contributed by atoms with Crippen LogP contribution in [0.2, 0.25) is 0 Å². The minimum atomic E-state index is 0.0470. The molecule has 2 aromatic rings. The van der Waals surface area contributed by atoms with Crippen molar-refractivity contribution in [1.29, 1.82) is 0 Å². The molecule has 1 aromatic heterocycles. The lowest BCUT2D eigenvalue weighted by molar-refractivity contribution is 0.720. The number of nitrogens with zero attached hydrogens (tertiary/aromatic N) is 1. The van der Waals surface area contributed by atoms with E-state index in [-0.39, 0.29) is 6.04 Å². The van der Waals surface area contributed by atoms with E-state index in [9.17, 15) is 0 Å². The predicted octanol–water partition coefficient (Wildman–Crippen LogP) is 2.63. The zero-order valence-electron chi connectivity index (χ0n) is 9.43. The zero-order chi connectivity index (χ0) is 11.4. The number of aryl methyl sites for hydroxylation is 1. The topological polar surface area (TPSA) is 38.9 Å². The summed E-state index contributed by atoms with van der Waals surface area (Å²) in [5, 5.41) is 0. The van der Waals surface area contributed by atoms with Crippen LogP contribution in [0.4, 0.5) is 0 Å². The standard InChI is InChI=1S/C14H16N2/c1-11-2-4-12(5-3-11)10-14(15)13-6-8-16-9-7-13/h2-9,14H,10,15H2,1H3. The third kappa shape index (κ3) is 2.67. The van der Waals surface area contributed by atoms with Crippen molar-refractivity contribution < 1.29 is 0 Å². The Morgan fingerprint density at radius 1 is 1.06 bits per heavy atom. The van der Waals surface area contributed by atoms with Gasteiger partial charge in [0.1, 0.15) is 0 Å². The monoisotopic (exact) mass is 212 g/mol. The molecule has 2 heteroatoms. The number of hydrogen-bond acceptors (Lipinski definition) is 2. The Morgan fingerprint density at radius 3 is 2.31 bits per heavy atom. The maximum Gasteiger partial charge on any atom is 0.0336 e. The van der Waals surface area contributed by atoms with Gasteiger partial charge in [0.2, 0.25) is 0 Å². The van der Waals surface area contributed by atoms with Gasteiger partial charge in [0.05, 0.1) is 0 Å². The fraction of sp³-hybridized carbons (Fsp3) is 0.214. The SMILES string of the molecule is Cc1ccc(CC(N)c2ccncc2)cc1. The average molecular weight is 212 g/mol. The second kappa shape index (κ2) is 4.90. The summed E-state index contributed by atoms with van der Waals surface area (Å²) < 4.78 is 0. The molecular formula is C14H16N2. The highest BCUT2D eigenvalue weighted by atomic mass is 14.6. The summed E-state index contributed by atoms with van der Waals surface area (Å²) >= 11 is 0. The summed E-state index contributed by atoms with van der Waals surface area (Å²) in [5.41, 5.74) is 9.82. The fourth-order valence-corrected chi connectivity index (χ4v) is 1.71. The summed E-state index contributed by atoms with van der Waals surface area (Å²) in [4.78, 5) is 3.99. The molecule has 1 atom stereocenters. The molecule has 0 aliphatic heterocycles. The largest absolute Gasteiger partial charge is 0.324 e. The van der Waals surface area contributed by atoms with Gasteiger partial charge in [0.15, 0.2) is 0 Å². The van der Waals surface area contributed by atoms with Crippen LogP contribution in [0.25, 0.3) is 0 Å². The number of aromatic nitrogens is 1. The van der Waals surface area contributed by atoms with Gasteiger partial charge in [-0.2, -0.15) is 0 Å². The van der Waals surface area contributed by atoms with Crippen molar-refractivity contribution in [3.63, 3.8) is 0 Å². The van der Waals surface area contributed by atoms with Gasteiger partial charge >= 0.3 is 0 Å². The van der Waals surface area contributed by atoms with E-state index in [4.69, 9.17) is 5.73 Å². The Labute approximate surface area is 96.1 Å². The molecular weight excluding hydrogens is 196 g/mol. The molecule has 0 spiro atoms. The Bertz CT molecular complexity index is 434. The maximum atomic E-state index is 6.14. The van der Waals surface area contributed by atoms with Crippen LogP contribution >= 0.6 is 0 Å². The average Bonchev–Trinajstić information content (AvgIpc) is 2.33. The summed E-state index contributed by atoms with van der Waals surface area (Å²) in [7, 11) is 0. The van der Waals surface area contributed by atoms with Crippen molar-refractivity contribution in [2.24, 2.45) is 5.73 Å². The van der Waals surface area contributed by atoms with Gasteiger partial charge in [0.25, 0.3) is 0 Å². The number of nitrogens with two attached hydrogens (primary N) is 1. The van der Waals surface area contributed by atoms with Crippen LogP contribution in [0.5, 0.6) is 0 Å². The summed E-state index contributed by atoms with van der Waals surface area (Å²) in [5.74, 6) is 0. The van der Waals surface area contributed by atoms with Crippen LogP contribution in [-0.2, 0) is 6.42 Å². The van der Waals surface area contributed by atoms with Crippen molar-refractivity contribution >= 4 is 0 Å². The Morgan fingerprint density at radius 2 is 1.69 bits per heavy atom. The van der Waals surface area contributed by atoms with Gasteiger partial charge in [-0.05, 0) is 36.6 Å². The fourth-order valence-electron chi connectivity index (χ4n) is 1.71. The maximum absolute atomic E-state index is 6.14. The number of rotatable bonds is 3. The molecule has 0 saturated heterocycles. The molecule has 1 unspecified atom stereocenters. The molecule has 0 radical (unpaired) electrons. The first-order chi connectivity index (χ1) is 7.75. The van der Waals surface area contributed by atoms with Crippen LogP contribution in [0.1, 0.15) is 22.7 Å². The molecule has 82 valence electrons. The van der Waals surface area contributed by atoms with E-state index in [2.05, 4.69) is 36.2 Å². The van der Waals surface area contributed by atoms with Crippen LogP contribution < -0.4 is 5.73 Å². The number of pyridine rings is 1.